The summed E-state index contributed by atoms with van der Waals surface area (Å²) in [6.45, 7) is 0.174. The molecule has 0 saturated heterocycles. The van der Waals surface area contributed by atoms with Crippen LogP contribution in [-0.2, 0) is 4.79 Å². The highest BCUT2D eigenvalue weighted by Crippen LogP contribution is 2.36. The van der Waals surface area contributed by atoms with Gasteiger partial charge in [-0.1, -0.05) is 12.2 Å². The molecule has 32 heavy (non-hydrogen) atoms. The number of anilines is 1. The van der Waals surface area contributed by atoms with Crippen molar-refractivity contribution < 1.29 is 32.5 Å². The average molecular weight is 449 g/mol. The van der Waals surface area contributed by atoms with E-state index in [0.29, 0.717) is 5.57 Å². The molecule has 0 aromatic carbocycles. The number of halogens is 4. The number of aliphatic imine (C=N–C) groups is 1. The number of nitrogens with zero attached hydrogens (tertiary/aromatic N) is 2. The number of nitrogens with two attached hydrogens (primary N) is 1. The van der Waals surface area contributed by atoms with Crippen LogP contribution in [0.1, 0.15) is 29.6 Å². The minimum atomic E-state index is -4.58. The molecule has 2 atom stereocenters. The van der Waals surface area contributed by atoms with Gasteiger partial charge >= 0.3 is 12.1 Å². The maximum atomic E-state index is 14.6. The number of dihydropyridines is 1. The number of nitrogens with one attached hydrogen (secondary N) is 1. The smallest absolute Gasteiger partial charge is 0.310 e. The van der Waals surface area contributed by atoms with Crippen LogP contribution in [0.2, 0.25) is 0 Å². The van der Waals surface area contributed by atoms with E-state index in [1.165, 1.54) is 35.9 Å². The lowest BCUT2D eigenvalue weighted by Gasteiger charge is -2.26. The summed E-state index contributed by atoms with van der Waals surface area (Å²) >= 11 is 0. The highest BCUT2D eigenvalue weighted by Gasteiger charge is 2.39. The molecule has 1 saturated carbocycles. The minimum Gasteiger partial charge on any atom is -0.310 e. The van der Waals surface area contributed by atoms with Crippen LogP contribution in [0.3, 0.4) is 0 Å². The molecule has 168 valence electrons. The van der Waals surface area contributed by atoms with E-state index in [1.807, 2.05) is 0 Å². The fraction of sp³-hybridized carbons (Fsp3) is 0.364. The number of carbonyl (C=O) groups excluding carboxylic acids is 2. The number of hydrogen-bond acceptors (Lipinski definition) is 4. The summed E-state index contributed by atoms with van der Waals surface area (Å²) in [6, 6.07) is 2.37. The van der Waals surface area contributed by atoms with Crippen LogP contribution in [0.15, 0.2) is 58.3 Å². The SMILES string of the molecule is O=C([NH2+]C1CN=CC=C1C1=CC=C(C(F)(F)F)CC1F)c1ccnc(NC(=O)C2CC2)c1. The number of alkyl halides is 4. The first kappa shape index (κ1) is 22.1. The van der Waals surface area contributed by atoms with Gasteiger partial charge < -0.3 is 5.32 Å². The topological polar surface area (TPSA) is 88.0 Å². The predicted molar refractivity (Wildman–Crippen MR) is 109 cm³/mol. The first-order valence-corrected chi connectivity index (χ1v) is 10.2. The molecule has 10 heteroatoms. The summed E-state index contributed by atoms with van der Waals surface area (Å²) in [7, 11) is 0. The van der Waals surface area contributed by atoms with Gasteiger partial charge in [0.15, 0.2) is 0 Å². The molecule has 1 aromatic heterocycles. The lowest BCUT2D eigenvalue weighted by molar-refractivity contribution is -0.582. The van der Waals surface area contributed by atoms with Gasteiger partial charge in [-0.3, -0.25) is 15.1 Å². The number of primary amides is 1. The Hall–Kier alpha value is -3.14. The second-order valence-electron chi connectivity index (χ2n) is 7.95. The quantitative estimate of drug-likeness (QED) is 0.678. The molecule has 1 fully saturated rings. The molecule has 0 bridgehead atoms. The van der Waals surface area contributed by atoms with Crippen molar-refractivity contribution in [2.75, 3.05) is 11.9 Å². The van der Waals surface area contributed by atoms with Gasteiger partial charge in [-0.15, -0.1) is 0 Å². The summed E-state index contributed by atoms with van der Waals surface area (Å²) in [5.41, 5.74) is -0.0957. The number of amides is 2. The Kier molecular flexibility index (Phi) is 6.05. The molecule has 3 aliphatic rings. The van der Waals surface area contributed by atoms with Crippen LogP contribution < -0.4 is 10.6 Å². The maximum Gasteiger partial charge on any atom is 0.412 e. The Morgan fingerprint density at radius 1 is 1.12 bits per heavy atom. The zero-order valence-corrected chi connectivity index (χ0v) is 16.9. The van der Waals surface area contributed by atoms with Crippen molar-refractivity contribution in [1.29, 1.82) is 0 Å². The molecule has 6 nitrogen and oxygen atoms in total. The van der Waals surface area contributed by atoms with Crippen LogP contribution in [0, 0.1) is 5.92 Å². The number of rotatable bonds is 5. The zero-order chi connectivity index (χ0) is 22.9. The van der Waals surface area contributed by atoms with E-state index < -0.39 is 30.4 Å². The Balaban J connectivity index is 1.49. The van der Waals surface area contributed by atoms with E-state index in [4.69, 9.17) is 0 Å². The zero-order valence-electron chi connectivity index (χ0n) is 16.9. The van der Waals surface area contributed by atoms with Crippen molar-refractivity contribution in [3.8, 4) is 0 Å². The first-order chi connectivity index (χ1) is 15.2. The molecule has 2 unspecified atom stereocenters. The van der Waals surface area contributed by atoms with Crippen molar-refractivity contribution >= 4 is 23.8 Å². The largest absolute Gasteiger partial charge is 0.412 e. The summed E-state index contributed by atoms with van der Waals surface area (Å²) < 4.78 is 53.3. The highest BCUT2D eigenvalue weighted by molar-refractivity contribution is 5.94. The summed E-state index contributed by atoms with van der Waals surface area (Å²) in [5, 5.41) is 4.05. The van der Waals surface area contributed by atoms with Crippen LogP contribution in [0.25, 0.3) is 0 Å². The maximum absolute atomic E-state index is 14.6. The third kappa shape index (κ3) is 5.01. The number of pyridine rings is 1. The van der Waals surface area contributed by atoms with Gasteiger partial charge in [0.1, 0.15) is 18.0 Å². The summed E-state index contributed by atoms with van der Waals surface area (Å²) in [5.74, 6) is -0.259. The van der Waals surface area contributed by atoms with Crippen molar-refractivity contribution in [1.82, 2.24) is 4.98 Å². The van der Waals surface area contributed by atoms with Crippen LogP contribution in [0.5, 0.6) is 0 Å². The fourth-order valence-corrected chi connectivity index (χ4v) is 3.64. The van der Waals surface area contributed by atoms with Gasteiger partial charge in [0.25, 0.3) is 0 Å². The summed E-state index contributed by atoms with van der Waals surface area (Å²) in [6.07, 6.45) is 0.898. The molecule has 2 aliphatic carbocycles. The van der Waals surface area contributed by atoms with E-state index in [1.54, 1.807) is 0 Å². The number of aromatic nitrogens is 1. The van der Waals surface area contributed by atoms with Crippen molar-refractivity contribution in [2.45, 2.75) is 37.7 Å². The Morgan fingerprint density at radius 3 is 2.59 bits per heavy atom. The highest BCUT2D eigenvalue weighted by atomic mass is 19.4. The molecule has 1 aromatic rings. The second kappa shape index (κ2) is 8.78. The second-order valence-corrected chi connectivity index (χ2v) is 7.95. The molecule has 0 spiro atoms. The van der Waals surface area contributed by atoms with Crippen molar-refractivity contribution in [3.05, 3.63) is 58.8 Å². The molecule has 1 aliphatic heterocycles. The third-order valence-corrected chi connectivity index (χ3v) is 5.56. The van der Waals surface area contributed by atoms with Gasteiger partial charge in [0.2, 0.25) is 5.91 Å². The van der Waals surface area contributed by atoms with Crippen LogP contribution in [0.4, 0.5) is 23.4 Å². The summed E-state index contributed by atoms with van der Waals surface area (Å²) in [4.78, 5) is 32.9. The first-order valence-electron chi connectivity index (χ1n) is 10.2. The van der Waals surface area contributed by atoms with Gasteiger partial charge in [-0.25, -0.2) is 14.2 Å². The number of allylic oxidation sites excluding steroid dienone is 4. The molecule has 0 radical (unpaired) electrons. The molecule has 3 N–H and O–H groups in total. The van der Waals surface area contributed by atoms with E-state index in [0.717, 1.165) is 25.0 Å². The number of quaternary nitrogens is 1. The van der Waals surface area contributed by atoms with Gasteiger partial charge in [0.05, 0.1) is 12.1 Å². The lowest BCUT2D eigenvalue weighted by Crippen LogP contribution is -2.94. The van der Waals surface area contributed by atoms with Crippen molar-refractivity contribution in [2.24, 2.45) is 10.9 Å². The van der Waals surface area contributed by atoms with E-state index >= 15 is 0 Å². The Labute approximate surface area is 181 Å². The van der Waals surface area contributed by atoms with Crippen LogP contribution >= 0.6 is 0 Å². The molecule has 2 amide bonds. The monoisotopic (exact) mass is 449 g/mol. The molecular weight excluding hydrogens is 428 g/mol. The normalized spacial score (nSPS) is 23.2. The van der Waals surface area contributed by atoms with Crippen molar-refractivity contribution in [3.63, 3.8) is 0 Å². The van der Waals surface area contributed by atoms with Crippen LogP contribution in [-0.4, -0.2) is 47.9 Å². The predicted octanol–water partition coefficient (Wildman–Crippen LogP) is 2.67. The third-order valence-electron chi connectivity index (χ3n) is 5.56. The fourth-order valence-electron chi connectivity index (χ4n) is 3.64. The van der Waals surface area contributed by atoms with E-state index in [9.17, 15) is 27.2 Å². The number of carbonyl (C=O) groups is 2. The minimum absolute atomic E-state index is 0.0140. The van der Waals surface area contributed by atoms with E-state index in [-0.39, 0.29) is 41.2 Å². The Bertz CT molecular complexity index is 1050. The average Bonchev–Trinajstić information content (AvgIpc) is 3.59. The van der Waals surface area contributed by atoms with Gasteiger partial charge in [0, 0.05) is 35.9 Å². The number of hydrogen-bond donors (Lipinski definition) is 2. The standard InChI is InChI=1S/C22H20F4N4O2/c23-17-10-14(22(24,25)26)3-4-15(17)16-6-7-27-11-18(16)29-21(32)13-5-8-28-19(9-13)30-20(31)12-1-2-12/h3-9,12,17-18H,1-2,10-11H2,(H,29,32)(H,28,30,31)/p+1. The Morgan fingerprint density at radius 2 is 1.91 bits per heavy atom. The molecule has 2 heterocycles. The van der Waals surface area contributed by atoms with Gasteiger partial charge in [-0.05, 0) is 36.6 Å². The molecule has 4 rings (SSSR count). The molecular formula is C22H21F4N4O2+. The lowest BCUT2D eigenvalue weighted by atomic mass is 9.86. The van der Waals surface area contributed by atoms with E-state index in [2.05, 4.69) is 15.3 Å². The van der Waals surface area contributed by atoms with Gasteiger partial charge in [-0.2, -0.15) is 13.2 Å².